The summed E-state index contributed by atoms with van der Waals surface area (Å²) in [4.78, 5) is 35.5. The Morgan fingerprint density at radius 1 is 1.10 bits per heavy atom. The maximum Gasteiger partial charge on any atom is 0.303 e. The Hall–Kier alpha value is -1.97. The zero-order chi connectivity index (χ0) is 21.8. The van der Waals surface area contributed by atoms with E-state index < -0.39 is 48.4 Å². The maximum atomic E-state index is 12.0. The minimum absolute atomic E-state index is 0.191. The lowest BCUT2D eigenvalue weighted by Gasteiger charge is -2.50. The van der Waals surface area contributed by atoms with Crippen molar-refractivity contribution < 1.29 is 38.4 Å². The molecule has 4 atom stereocenters. The molecule has 0 aliphatic carbocycles. The van der Waals surface area contributed by atoms with E-state index in [1.165, 1.54) is 27.7 Å². The number of rotatable bonds is 6. The molecule has 159 valence electrons. The summed E-state index contributed by atoms with van der Waals surface area (Å²) >= 11 is 3.41. The van der Waals surface area contributed by atoms with Gasteiger partial charge in [0.25, 0.3) is 0 Å². The highest BCUT2D eigenvalue weighted by Crippen LogP contribution is 2.45. The monoisotopic (exact) mass is 471 g/mol. The van der Waals surface area contributed by atoms with Gasteiger partial charge in [0, 0.05) is 26.1 Å². The highest BCUT2D eigenvalue weighted by atomic mass is 79.9. The highest BCUT2D eigenvalue weighted by Gasteiger charge is 2.60. The Kier molecular flexibility index (Phi) is 7.79. The van der Waals surface area contributed by atoms with E-state index in [0.717, 1.165) is 5.56 Å². The number of hydrogen-bond acceptors (Lipinski definition) is 8. The number of aliphatic hydroxyl groups excluding tert-OH is 1. The summed E-state index contributed by atoms with van der Waals surface area (Å²) in [7, 11) is 0. The molecule has 29 heavy (non-hydrogen) atoms. The van der Waals surface area contributed by atoms with Crippen molar-refractivity contribution in [3.05, 3.63) is 41.5 Å². The van der Waals surface area contributed by atoms with Crippen LogP contribution in [-0.2, 0) is 38.7 Å². The lowest BCUT2D eigenvalue weighted by molar-refractivity contribution is -0.249. The SMILES string of the molecule is CC(=O)O[C@@H]1[C@@H](CO)O[C](c2ccccc2CBr)[C@](C)(OC(C)=O)[C@H]1OC(C)=O. The molecule has 2 rings (SSSR count). The van der Waals surface area contributed by atoms with Gasteiger partial charge in [0.05, 0.1) is 6.61 Å². The zero-order valence-corrected chi connectivity index (χ0v) is 18.2. The number of carbonyl (C=O) groups is 3. The minimum Gasteiger partial charge on any atom is -0.456 e. The standard InChI is InChI=1S/C20H24BrO8/c1-11(23)26-17-16(10-22)28-18(15-8-6-5-7-14(15)9-21)20(4,29-13(3)25)19(17)27-12(2)24/h5-8,16-17,19,22H,9-10H2,1-4H3/t16-,17-,19+,20+/m1/s1. The van der Waals surface area contributed by atoms with Crippen LogP contribution in [0.1, 0.15) is 38.8 Å². The van der Waals surface area contributed by atoms with Crippen LogP contribution in [-0.4, -0.2) is 53.5 Å². The number of halogens is 1. The Bertz CT molecular complexity index is 767. The summed E-state index contributed by atoms with van der Waals surface area (Å²) in [6.45, 7) is 4.58. The first-order valence-corrected chi connectivity index (χ1v) is 10.1. The number of benzene rings is 1. The van der Waals surface area contributed by atoms with Gasteiger partial charge in [-0.15, -0.1) is 0 Å². The Balaban J connectivity index is 2.67. The molecule has 1 aromatic rings. The van der Waals surface area contributed by atoms with Crippen LogP contribution in [0.15, 0.2) is 24.3 Å². The van der Waals surface area contributed by atoms with E-state index in [1.54, 1.807) is 12.1 Å². The summed E-state index contributed by atoms with van der Waals surface area (Å²) in [6, 6.07) is 7.22. The maximum absolute atomic E-state index is 12.0. The van der Waals surface area contributed by atoms with Crippen LogP contribution in [0.3, 0.4) is 0 Å². The summed E-state index contributed by atoms with van der Waals surface area (Å²) in [5.41, 5.74) is -0.184. The van der Waals surface area contributed by atoms with Gasteiger partial charge in [-0.2, -0.15) is 0 Å². The normalized spacial score (nSPS) is 27.2. The van der Waals surface area contributed by atoms with Crippen molar-refractivity contribution in [2.24, 2.45) is 0 Å². The topological polar surface area (TPSA) is 108 Å². The third-order valence-electron chi connectivity index (χ3n) is 4.46. The van der Waals surface area contributed by atoms with Gasteiger partial charge >= 0.3 is 17.9 Å². The molecule has 8 nitrogen and oxygen atoms in total. The predicted octanol–water partition coefficient (Wildman–Crippen LogP) is 2.04. The summed E-state index contributed by atoms with van der Waals surface area (Å²) in [5, 5.41) is 10.4. The van der Waals surface area contributed by atoms with Crippen LogP contribution in [0.4, 0.5) is 0 Å². The molecule has 1 aromatic carbocycles. The van der Waals surface area contributed by atoms with E-state index in [2.05, 4.69) is 15.9 Å². The van der Waals surface area contributed by atoms with Crippen LogP contribution in [0, 0.1) is 6.10 Å². The van der Waals surface area contributed by atoms with Crippen molar-refractivity contribution >= 4 is 33.8 Å². The van der Waals surface area contributed by atoms with Crippen molar-refractivity contribution in [1.29, 1.82) is 0 Å². The van der Waals surface area contributed by atoms with Crippen molar-refractivity contribution in [1.82, 2.24) is 0 Å². The Morgan fingerprint density at radius 3 is 2.24 bits per heavy atom. The number of ether oxygens (including phenoxy) is 4. The Labute approximate surface area is 177 Å². The van der Waals surface area contributed by atoms with E-state index in [9.17, 15) is 19.5 Å². The van der Waals surface area contributed by atoms with Gasteiger partial charge in [-0.3, -0.25) is 14.4 Å². The molecule has 0 spiro atoms. The second kappa shape index (κ2) is 9.69. The largest absolute Gasteiger partial charge is 0.456 e. The van der Waals surface area contributed by atoms with Crippen molar-refractivity contribution in [3.63, 3.8) is 0 Å². The van der Waals surface area contributed by atoms with E-state index >= 15 is 0 Å². The highest BCUT2D eigenvalue weighted by molar-refractivity contribution is 9.08. The van der Waals surface area contributed by atoms with Gasteiger partial charge in [-0.1, -0.05) is 40.2 Å². The number of carbonyl (C=O) groups excluding carboxylic acids is 3. The van der Waals surface area contributed by atoms with Gasteiger partial charge in [-0.25, -0.2) is 0 Å². The Morgan fingerprint density at radius 2 is 1.72 bits per heavy atom. The van der Waals surface area contributed by atoms with Crippen molar-refractivity contribution in [2.45, 2.75) is 56.9 Å². The molecule has 1 saturated heterocycles. The second-order valence-corrected chi connectivity index (χ2v) is 7.32. The molecule has 0 amide bonds. The molecule has 0 unspecified atom stereocenters. The molecular weight excluding hydrogens is 448 g/mol. The molecule has 1 fully saturated rings. The molecule has 1 radical (unpaired) electrons. The van der Waals surface area contributed by atoms with Crippen LogP contribution >= 0.6 is 15.9 Å². The summed E-state index contributed by atoms with van der Waals surface area (Å²) < 4.78 is 22.4. The average molecular weight is 472 g/mol. The fourth-order valence-corrected chi connectivity index (χ4v) is 3.88. The second-order valence-electron chi connectivity index (χ2n) is 6.76. The number of esters is 3. The molecule has 0 aromatic heterocycles. The molecule has 1 aliphatic rings. The fraction of sp³-hybridized carbons (Fsp3) is 0.500. The first-order valence-electron chi connectivity index (χ1n) is 8.97. The van der Waals surface area contributed by atoms with E-state index in [0.29, 0.717) is 10.9 Å². The molecule has 0 bridgehead atoms. The number of aliphatic hydroxyl groups is 1. The van der Waals surface area contributed by atoms with E-state index in [4.69, 9.17) is 18.9 Å². The van der Waals surface area contributed by atoms with Crippen molar-refractivity contribution in [3.8, 4) is 0 Å². The predicted molar refractivity (Wildman–Crippen MR) is 105 cm³/mol. The molecule has 9 heteroatoms. The van der Waals surface area contributed by atoms with Crippen LogP contribution in [0.2, 0.25) is 0 Å². The van der Waals surface area contributed by atoms with Crippen LogP contribution < -0.4 is 0 Å². The fourth-order valence-electron chi connectivity index (χ4n) is 3.39. The molecule has 1 aliphatic heterocycles. The van der Waals surface area contributed by atoms with Gasteiger partial charge in [-0.05, 0) is 18.1 Å². The summed E-state index contributed by atoms with van der Waals surface area (Å²) in [5.74, 6) is -1.98. The number of alkyl halides is 1. The smallest absolute Gasteiger partial charge is 0.303 e. The van der Waals surface area contributed by atoms with Crippen LogP contribution in [0.5, 0.6) is 0 Å². The first-order chi connectivity index (χ1) is 13.6. The number of hydrogen-bond donors (Lipinski definition) is 1. The summed E-state index contributed by atoms with van der Waals surface area (Å²) in [6.07, 6.45) is -3.27. The minimum atomic E-state index is -1.61. The van der Waals surface area contributed by atoms with E-state index in [-0.39, 0.29) is 6.10 Å². The molecule has 0 saturated carbocycles. The third kappa shape index (κ3) is 5.15. The van der Waals surface area contributed by atoms with Gasteiger partial charge in [0.15, 0.2) is 23.9 Å². The van der Waals surface area contributed by atoms with Gasteiger partial charge in [0.1, 0.15) is 6.10 Å². The lowest BCUT2D eigenvalue weighted by Crippen LogP contribution is -2.65. The third-order valence-corrected chi connectivity index (χ3v) is 5.07. The quantitative estimate of drug-likeness (QED) is 0.381. The molecule has 1 N–H and O–H groups in total. The van der Waals surface area contributed by atoms with Gasteiger partial charge in [0.2, 0.25) is 0 Å². The molecule has 1 heterocycles. The van der Waals surface area contributed by atoms with E-state index in [1.807, 2.05) is 12.1 Å². The van der Waals surface area contributed by atoms with Gasteiger partial charge < -0.3 is 24.1 Å². The average Bonchev–Trinajstić information content (AvgIpc) is 2.64. The lowest BCUT2D eigenvalue weighted by atomic mass is 9.79. The molecular formula is C20H24BrO8. The zero-order valence-electron chi connectivity index (χ0n) is 16.6. The first kappa shape index (κ1) is 23.3. The van der Waals surface area contributed by atoms with Crippen molar-refractivity contribution in [2.75, 3.05) is 6.61 Å². The van der Waals surface area contributed by atoms with Crippen LogP contribution in [0.25, 0.3) is 0 Å².